The molecule has 0 bridgehead atoms. The number of pyridine rings is 1. The number of hydrogen-bond donors (Lipinski definition) is 0. The highest BCUT2D eigenvalue weighted by atomic mass is 32.2. The van der Waals surface area contributed by atoms with Crippen molar-refractivity contribution >= 4 is 15.6 Å². The van der Waals surface area contributed by atoms with Crippen LogP contribution in [0.4, 0.5) is 0 Å². The Morgan fingerprint density at radius 3 is 2.37 bits per heavy atom. The van der Waals surface area contributed by atoms with Crippen molar-refractivity contribution in [1.82, 2.24) is 4.98 Å². The summed E-state index contributed by atoms with van der Waals surface area (Å²) in [4.78, 5) is 16.1. The largest absolute Gasteiger partial charge is 0.271 e. The first kappa shape index (κ1) is 15.8. The normalized spacial score (nSPS) is 16.5. The van der Waals surface area contributed by atoms with Crippen LogP contribution in [0.1, 0.15) is 44.2 Å². The maximum atomic E-state index is 12.6. The average molecular weight is 282 g/mol. The third-order valence-corrected chi connectivity index (χ3v) is 5.08. The lowest BCUT2D eigenvalue weighted by Gasteiger charge is -2.17. The lowest BCUT2D eigenvalue weighted by Crippen LogP contribution is -2.21. The average Bonchev–Trinajstić information content (AvgIpc) is 2.27. The van der Waals surface area contributed by atoms with Gasteiger partial charge in [-0.05, 0) is 25.5 Å². The maximum absolute atomic E-state index is 12.6. The van der Waals surface area contributed by atoms with Crippen LogP contribution in [0.3, 0.4) is 0 Å². The number of carbonyl (C=O) groups is 1. The third-order valence-electron chi connectivity index (χ3n) is 2.97. The number of rotatable bonds is 2. The van der Waals surface area contributed by atoms with Gasteiger partial charge in [-0.15, -0.1) is 0 Å². The third kappa shape index (κ3) is 4.13. The molecule has 0 aliphatic rings. The van der Waals surface area contributed by atoms with Gasteiger partial charge in [-0.25, -0.2) is 4.21 Å². The van der Waals surface area contributed by atoms with Crippen LogP contribution in [0.5, 0.6) is 0 Å². The highest BCUT2D eigenvalue weighted by Crippen LogP contribution is 2.24. The second-order valence-corrected chi connectivity index (χ2v) is 8.49. The molecule has 2 atom stereocenters. The molecule has 0 aromatic carbocycles. The van der Waals surface area contributed by atoms with Gasteiger partial charge in [0.15, 0.2) is 0 Å². The van der Waals surface area contributed by atoms with E-state index in [9.17, 15) is 9.00 Å². The fourth-order valence-electron chi connectivity index (χ4n) is 1.35. The van der Waals surface area contributed by atoms with Crippen molar-refractivity contribution in [3.63, 3.8) is 0 Å². The SMILES string of the molecule is Cc1ccc(C(C)S(C)(=O)=NC(=O)C(C)(C)C)cn1. The van der Waals surface area contributed by atoms with Gasteiger partial charge in [0.2, 0.25) is 0 Å². The van der Waals surface area contributed by atoms with Crippen molar-refractivity contribution in [2.24, 2.45) is 9.78 Å². The van der Waals surface area contributed by atoms with Crippen LogP contribution in [-0.2, 0) is 14.5 Å². The fraction of sp³-hybridized carbons (Fsp3) is 0.571. The first-order chi connectivity index (χ1) is 8.54. The minimum Gasteiger partial charge on any atom is -0.271 e. The van der Waals surface area contributed by atoms with Crippen molar-refractivity contribution in [3.05, 3.63) is 29.6 Å². The molecule has 1 aromatic heterocycles. The smallest absolute Gasteiger partial charge is 0.259 e. The van der Waals surface area contributed by atoms with E-state index in [4.69, 9.17) is 0 Å². The molecule has 19 heavy (non-hydrogen) atoms. The molecule has 0 spiro atoms. The molecule has 0 aliphatic heterocycles. The molecule has 0 saturated heterocycles. The lowest BCUT2D eigenvalue weighted by atomic mass is 9.96. The van der Waals surface area contributed by atoms with Gasteiger partial charge in [-0.2, -0.15) is 4.36 Å². The van der Waals surface area contributed by atoms with Crippen LogP contribution in [0.15, 0.2) is 22.7 Å². The zero-order valence-electron chi connectivity index (χ0n) is 12.4. The van der Waals surface area contributed by atoms with E-state index in [1.165, 1.54) is 6.26 Å². The molecule has 4 nitrogen and oxygen atoms in total. The Kier molecular flexibility index (Phi) is 4.50. The number of amides is 1. The van der Waals surface area contributed by atoms with Gasteiger partial charge >= 0.3 is 0 Å². The molecule has 0 aliphatic carbocycles. The second-order valence-electron chi connectivity index (χ2n) is 5.88. The van der Waals surface area contributed by atoms with Gasteiger partial charge in [0.25, 0.3) is 5.91 Å². The van der Waals surface area contributed by atoms with Gasteiger partial charge in [0.1, 0.15) is 0 Å². The number of carbonyl (C=O) groups excluding carboxylic acids is 1. The lowest BCUT2D eigenvalue weighted by molar-refractivity contribution is -0.124. The summed E-state index contributed by atoms with van der Waals surface area (Å²) in [7, 11) is -2.62. The van der Waals surface area contributed by atoms with Crippen LogP contribution in [0, 0.1) is 12.3 Å². The molecule has 1 heterocycles. The van der Waals surface area contributed by atoms with E-state index in [-0.39, 0.29) is 11.2 Å². The Balaban J connectivity index is 3.13. The molecule has 106 valence electrons. The predicted octanol–water partition coefficient (Wildman–Crippen LogP) is 3.12. The molecule has 0 N–H and O–H groups in total. The molecule has 0 radical (unpaired) electrons. The van der Waals surface area contributed by atoms with Gasteiger partial charge in [-0.1, -0.05) is 26.8 Å². The predicted molar refractivity (Wildman–Crippen MR) is 78.3 cm³/mol. The highest BCUT2D eigenvalue weighted by Gasteiger charge is 2.25. The summed E-state index contributed by atoms with van der Waals surface area (Å²) in [5, 5.41) is -0.327. The quantitative estimate of drug-likeness (QED) is 0.837. The van der Waals surface area contributed by atoms with Crippen molar-refractivity contribution in [2.75, 3.05) is 6.26 Å². The highest BCUT2D eigenvalue weighted by molar-refractivity contribution is 7.93. The molecule has 0 fully saturated rings. The monoisotopic (exact) mass is 282 g/mol. The van der Waals surface area contributed by atoms with Gasteiger partial charge in [-0.3, -0.25) is 9.78 Å². The van der Waals surface area contributed by atoms with Crippen LogP contribution >= 0.6 is 0 Å². The zero-order chi connectivity index (χ0) is 14.8. The molecular weight excluding hydrogens is 260 g/mol. The minimum absolute atomic E-state index is 0.327. The van der Waals surface area contributed by atoms with E-state index in [2.05, 4.69) is 9.35 Å². The van der Waals surface area contributed by atoms with E-state index in [1.807, 2.05) is 26.0 Å². The topological polar surface area (TPSA) is 59.4 Å². The summed E-state index contributed by atoms with van der Waals surface area (Å²) in [6, 6.07) is 3.75. The molecular formula is C14H22N2O2S. The molecule has 0 saturated carbocycles. The molecule has 1 rings (SSSR count). The number of hydrogen-bond acceptors (Lipinski definition) is 3. The van der Waals surface area contributed by atoms with E-state index >= 15 is 0 Å². The molecule has 2 unspecified atom stereocenters. The van der Waals surface area contributed by atoms with E-state index < -0.39 is 15.1 Å². The first-order valence-corrected chi connectivity index (χ1v) is 8.20. The van der Waals surface area contributed by atoms with E-state index in [0.29, 0.717) is 0 Å². The van der Waals surface area contributed by atoms with Crippen molar-refractivity contribution in [2.45, 2.75) is 39.9 Å². The zero-order valence-corrected chi connectivity index (χ0v) is 13.2. The molecule has 1 aromatic rings. The Morgan fingerprint density at radius 2 is 1.95 bits per heavy atom. The number of aromatic nitrogens is 1. The number of nitrogens with zero attached hydrogens (tertiary/aromatic N) is 2. The van der Waals surface area contributed by atoms with Crippen molar-refractivity contribution in [1.29, 1.82) is 0 Å². The van der Waals surface area contributed by atoms with Gasteiger partial charge in [0.05, 0.1) is 15.0 Å². The van der Waals surface area contributed by atoms with Crippen LogP contribution in [-0.4, -0.2) is 21.4 Å². The molecule has 5 heteroatoms. The standard InChI is InChI=1S/C14H22N2O2S/c1-10-7-8-12(9-15-10)11(2)19(6,18)16-13(17)14(3,4)5/h7-9,11H,1-6H3. The second kappa shape index (κ2) is 5.41. The first-order valence-electron chi connectivity index (χ1n) is 6.22. The van der Waals surface area contributed by atoms with E-state index in [1.54, 1.807) is 27.0 Å². The summed E-state index contributed by atoms with van der Waals surface area (Å²) in [6.45, 7) is 9.02. The summed E-state index contributed by atoms with van der Waals surface area (Å²) in [6.07, 6.45) is 3.22. The summed E-state index contributed by atoms with van der Waals surface area (Å²) in [5.74, 6) is -0.327. The fourth-order valence-corrected chi connectivity index (χ4v) is 2.76. The van der Waals surface area contributed by atoms with Crippen LogP contribution < -0.4 is 0 Å². The maximum Gasteiger partial charge on any atom is 0.259 e. The summed E-state index contributed by atoms with van der Waals surface area (Å²) >= 11 is 0. The van der Waals surface area contributed by atoms with Crippen molar-refractivity contribution in [3.8, 4) is 0 Å². The Hall–Kier alpha value is -1.23. The Bertz CT molecular complexity index is 576. The Labute approximate surface area is 115 Å². The van der Waals surface area contributed by atoms with Gasteiger partial charge in [0, 0.05) is 23.6 Å². The minimum atomic E-state index is -2.62. The van der Waals surface area contributed by atoms with Crippen molar-refractivity contribution < 1.29 is 9.00 Å². The number of aryl methyl sites for hydroxylation is 1. The van der Waals surface area contributed by atoms with Gasteiger partial charge < -0.3 is 0 Å². The van der Waals surface area contributed by atoms with Crippen LogP contribution in [0.2, 0.25) is 0 Å². The van der Waals surface area contributed by atoms with E-state index in [0.717, 1.165) is 11.3 Å². The summed E-state index contributed by atoms with van der Waals surface area (Å²) < 4.78 is 16.6. The van der Waals surface area contributed by atoms with Crippen LogP contribution in [0.25, 0.3) is 0 Å². The Morgan fingerprint density at radius 1 is 1.37 bits per heavy atom. The summed E-state index contributed by atoms with van der Waals surface area (Å²) in [5.41, 5.74) is 1.13. The molecule has 1 amide bonds.